The summed E-state index contributed by atoms with van der Waals surface area (Å²) in [4.78, 5) is 21.3. The molecule has 0 aliphatic heterocycles. The fourth-order valence-corrected chi connectivity index (χ4v) is 0.457. The highest BCUT2D eigenvalue weighted by Gasteiger charge is 2.04. The van der Waals surface area contributed by atoms with Crippen LogP contribution >= 0.6 is 0 Å². The van der Waals surface area contributed by atoms with E-state index in [0.717, 1.165) is 12.2 Å². The van der Waals surface area contributed by atoms with Gasteiger partial charge in [-0.05, 0) is 6.20 Å². The maximum Gasteiger partial charge on any atom is 0.339 e. The number of nitrogens with zero attached hydrogens (tertiary/aromatic N) is 1. The van der Waals surface area contributed by atoms with Crippen LogP contribution in [0.3, 0.4) is 0 Å². The molecule has 0 aliphatic carbocycles. The van der Waals surface area contributed by atoms with Gasteiger partial charge in [0.15, 0.2) is 0 Å². The number of rotatable bonds is 3. The largest absolute Gasteiger partial charge is 0.405 e. The lowest BCUT2D eigenvalue weighted by Gasteiger charge is -1.94. The summed E-state index contributed by atoms with van der Waals surface area (Å²) in [6, 6.07) is 1.59. The molecule has 0 aromatic carbocycles. The average Bonchev–Trinajstić information content (AvgIpc) is 2.11. The van der Waals surface area contributed by atoms with Gasteiger partial charge in [-0.15, -0.1) is 0 Å². The van der Waals surface area contributed by atoms with Crippen LogP contribution in [0.1, 0.15) is 6.42 Å². The number of ether oxygens (including phenoxy) is 1. The van der Waals surface area contributed by atoms with Gasteiger partial charge in [-0.3, -0.25) is 4.79 Å². The third-order valence-corrected chi connectivity index (χ3v) is 0.929. The van der Waals surface area contributed by atoms with Gasteiger partial charge in [-0.1, -0.05) is 6.08 Å². The number of esters is 2. The Morgan fingerprint density at radius 3 is 2.77 bits per heavy atom. The molecule has 0 saturated heterocycles. The van der Waals surface area contributed by atoms with Crippen molar-refractivity contribution in [3.63, 3.8) is 0 Å². The molecule has 0 bridgehead atoms. The van der Waals surface area contributed by atoms with Gasteiger partial charge in [0.05, 0.1) is 12.5 Å². The van der Waals surface area contributed by atoms with Crippen LogP contribution in [0.15, 0.2) is 24.4 Å². The molecule has 0 atom stereocenters. The number of nitrogens with two attached hydrogens (primary N) is 1. The average molecular weight is 180 g/mol. The molecule has 2 N–H and O–H groups in total. The lowest BCUT2D eigenvalue weighted by molar-refractivity contribution is -0.155. The summed E-state index contributed by atoms with van der Waals surface area (Å²) in [6.07, 6.45) is 4.25. The van der Waals surface area contributed by atoms with Crippen molar-refractivity contribution in [2.75, 3.05) is 0 Å². The van der Waals surface area contributed by atoms with E-state index < -0.39 is 11.9 Å². The molecule has 0 unspecified atom stereocenters. The zero-order valence-corrected chi connectivity index (χ0v) is 6.77. The second-order valence-corrected chi connectivity index (χ2v) is 1.89. The normalized spacial score (nSPS) is 10.1. The summed E-state index contributed by atoms with van der Waals surface area (Å²) in [6.45, 7) is 0. The Morgan fingerprint density at radius 2 is 2.23 bits per heavy atom. The van der Waals surface area contributed by atoms with Crippen molar-refractivity contribution in [1.29, 1.82) is 5.26 Å². The summed E-state index contributed by atoms with van der Waals surface area (Å²) in [5.74, 6) is -1.58. The highest BCUT2D eigenvalue weighted by molar-refractivity contribution is 5.92. The van der Waals surface area contributed by atoms with Crippen molar-refractivity contribution in [3.05, 3.63) is 24.4 Å². The molecular weight excluding hydrogens is 172 g/mol. The number of carbonyl (C=O) groups is 2. The van der Waals surface area contributed by atoms with E-state index in [1.54, 1.807) is 6.07 Å². The fourth-order valence-electron chi connectivity index (χ4n) is 0.457. The number of nitriles is 1. The van der Waals surface area contributed by atoms with Crippen LogP contribution in [0.5, 0.6) is 0 Å². The van der Waals surface area contributed by atoms with E-state index in [-0.39, 0.29) is 6.42 Å². The summed E-state index contributed by atoms with van der Waals surface area (Å²) < 4.78 is 4.23. The monoisotopic (exact) mass is 180 g/mol. The summed E-state index contributed by atoms with van der Waals surface area (Å²) >= 11 is 0. The molecule has 0 fully saturated rings. The third kappa shape index (κ3) is 6.31. The van der Waals surface area contributed by atoms with Crippen LogP contribution in [0.2, 0.25) is 0 Å². The van der Waals surface area contributed by atoms with E-state index in [1.165, 1.54) is 12.3 Å². The molecule has 0 aromatic heterocycles. The fraction of sp³-hybridized carbons (Fsp3) is 0.125. The van der Waals surface area contributed by atoms with Crippen LogP contribution < -0.4 is 5.73 Å². The van der Waals surface area contributed by atoms with Gasteiger partial charge in [0, 0.05) is 12.2 Å². The Balaban J connectivity index is 3.87. The first-order valence-electron chi connectivity index (χ1n) is 3.38. The van der Waals surface area contributed by atoms with Gasteiger partial charge in [-0.25, -0.2) is 4.79 Å². The second-order valence-electron chi connectivity index (χ2n) is 1.89. The Bertz CT molecular complexity index is 286. The van der Waals surface area contributed by atoms with Crippen molar-refractivity contribution in [2.45, 2.75) is 6.42 Å². The van der Waals surface area contributed by atoms with E-state index in [0.29, 0.717) is 0 Å². The lowest BCUT2D eigenvalue weighted by Crippen LogP contribution is -2.08. The van der Waals surface area contributed by atoms with E-state index in [4.69, 9.17) is 11.0 Å². The molecule has 5 heteroatoms. The van der Waals surface area contributed by atoms with Crippen LogP contribution in [-0.2, 0) is 14.3 Å². The first-order chi connectivity index (χ1) is 6.20. The number of hydrogen-bond donors (Lipinski definition) is 1. The smallest absolute Gasteiger partial charge is 0.339 e. The highest BCUT2D eigenvalue weighted by atomic mass is 16.6. The molecule has 13 heavy (non-hydrogen) atoms. The first-order valence-corrected chi connectivity index (χ1v) is 3.38. The molecule has 68 valence electrons. The van der Waals surface area contributed by atoms with Gasteiger partial charge >= 0.3 is 11.9 Å². The highest BCUT2D eigenvalue weighted by Crippen LogP contribution is 1.89. The summed E-state index contributed by atoms with van der Waals surface area (Å²) in [5, 5.41) is 8.03. The summed E-state index contributed by atoms with van der Waals surface area (Å²) in [7, 11) is 0. The van der Waals surface area contributed by atoms with Crippen LogP contribution in [0, 0.1) is 11.3 Å². The molecule has 0 rings (SSSR count). The molecule has 0 aliphatic rings. The molecule has 0 saturated carbocycles. The van der Waals surface area contributed by atoms with Gasteiger partial charge < -0.3 is 10.5 Å². The van der Waals surface area contributed by atoms with Gasteiger partial charge in [0.1, 0.15) is 0 Å². The summed E-state index contributed by atoms with van der Waals surface area (Å²) in [5.41, 5.74) is 4.96. The molecule has 0 radical (unpaired) electrons. The van der Waals surface area contributed by atoms with Crippen molar-refractivity contribution in [1.82, 2.24) is 0 Å². The van der Waals surface area contributed by atoms with E-state index in [2.05, 4.69) is 4.74 Å². The number of allylic oxidation sites excluding steroid dienone is 1. The van der Waals surface area contributed by atoms with E-state index in [9.17, 15) is 9.59 Å². The number of carbonyl (C=O) groups excluding carboxylic acids is 2. The number of hydrogen-bond acceptors (Lipinski definition) is 5. The lowest BCUT2D eigenvalue weighted by atomic mass is 10.4. The molecule has 0 spiro atoms. The molecule has 0 aromatic rings. The maximum absolute atomic E-state index is 10.7. The molecule has 0 heterocycles. The maximum atomic E-state index is 10.7. The minimum Gasteiger partial charge on any atom is -0.405 e. The second kappa shape index (κ2) is 6.61. The third-order valence-electron chi connectivity index (χ3n) is 0.929. The minimum absolute atomic E-state index is 0.0668. The standard InChI is InChI=1S/C8H8N2O3/c9-5-1-3-7(11)13-8(12)4-2-6-10/h1-3,6H,4,10H2. The zero-order chi connectivity index (χ0) is 10.1. The van der Waals surface area contributed by atoms with Crippen molar-refractivity contribution >= 4 is 11.9 Å². The SMILES string of the molecule is N#CC=CC(=O)OC(=O)CC=CN. The quantitative estimate of drug-likeness (QED) is 0.285. The van der Waals surface area contributed by atoms with Crippen LogP contribution in [0.25, 0.3) is 0 Å². The Kier molecular flexibility index (Phi) is 5.55. The van der Waals surface area contributed by atoms with Gasteiger partial charge in [0.2, 0.25) is 0 Å². The molecule has 0 amide bonds. The Hall–Kier alpha value is -2.09. The van der Waals surface area contributed by atoms with Crippen LogP contribution in [-0.4, -0.2) is 11.9 Å². The Labute approximate surface area is 75.1 Å². The first kappa shape index (κ1) is 10.9. The van der Waals surface area contributed by atoms with Crippen LogP contribution in [0.4, 0.5) is 0 Å². The van der Waals surface area contributed by atoms with Gasteiger partial charge in [-0.2, -0.15) is 5.26 Å². The van der Waals surface area contributed by atoms with Crippen molar-refractivity contribution in [3.8, 4) is 6.07 Å². The van der Waals surface area contributed by atoms with Crippen molar-refractivity contribution < 1.29 is 14.3 Å². The zero-order valence-electron chi connectivity index (χ0n) is 6.77. The topological polar surface area (TPSA) is 93.2 Å². The minimum atomic E-state index is -0.864. The molecule has 5 nitrogen and oxygen atoms in total. The Morgan fingerprint density at radius 1 is 1.54 bits per heavy atom. The molecular formula is C8H8N2O3. The van der Waals surface area contributed by atoms with Gasteiger partial charge in [0.25, 0.3) is 0 Å². The van der Waals surface area contributed by atoms with E-state index in [1.807, 2.05) is 0 Å². The predicted octanol–water partition coefficient (Wildman–Crippen LogP) is -0.00152. The predicted molar refractivity (Wildman–Crippen MR) is 43.8 cm³/mol. The van der Waals surface area contributed by atoms with E-state index >= 15 is 0 Å². The van der Waals surface area contributed by atoms with Crippen molar-refractivity contribution in [2.24, 2.45) is 5.73 Å².